The zero-order chi connectivity index (χ0) is 19.7. The lowest BCUT2D eigenvalue weighted by molar-refractivity contribution is -0.134. The lowest BCUT2D eigenvalue weighted by Crippen LogP contribution is -2.49. The highest BCUT2D eigenvalue weighted by Gasteiger charge is 2.37. The predicted octanol–water partition coefficient (Wildman–Crippen LogP) is 3.22. The largest absolute Gasteiger partial charge is 0.384 e. The van der Waals surface area contributed by atoms with Gasteiger partial charge in [-0.1, -0.05) is 12.1 Å². The molecule has 2 unspecified atom stereocenters. The maximum absolute atomic E-state index is 12.6. The van der Waals surface area contributed by atoms with Crippen molar-refractivity contribution in [2.75, 3.05) is 33.1 Å². The van der Waals surface area contributed by atoms with Crippen LogP contribution in [-0.4, -0.2) is 48.4 Å². The summed E-state index contributed by atoms with van der Waals surface area (Å²) in [6.07, 6.45) is 3.52. The van der Waals surface area contributed by atoms with Gasteiger partial charge in [-0.2, -0.15) is 0 Å². The minimum atomic E-state index is 0.0633. The third kappa shape index (κ3) is 3.63. The third-order valence-corrected chi connectivity index (χ3v) is 6.61. The van der Waals surface area contributed by atoms with Gasteiger partial charge in [-0.25, -0.2) is 0 Å². The fraction of sp³-hybridized carbons (Fsp3) is 0.455. The average molecular weight is 399 g/mol. The standard InChI is InChI=1S/C22H26N2O3S/c1-27-10-9-20(25)23-12-15-11-17(14-23)22-19(7-8-21(26)24(22)13-15)16-3-5-18(28-2)6-4-16/h3-8,15,17H,9-14H2,1-2H3. The van der Waals surface area contributed by atoms with Gasteiger partial charge in [0, 0.05) is 54.9 Å². The first-order chi connectivity index (χ1) is 13.6. The van der Waals surface area contributed by atoms with E-state index < -0.39 is 0 Å². The number of carbonyl (C=O) groups is 1. The number of thioether (sulfide) groups is 1. The van der Waals surface area contributed by atoms with E-state index >= 15 is 0 Å². The summed E-state index contributed by atoms with van der Waals surface area (Å²) in [4.78, 5) is 28.4. The SMILES string of the molecule is COCCC(=O)N1CC2CC(C1)c1c(-c3ccc(SC)cc3)ccc(=O)n1C2. The van der Waals surface area contributed by atoms with Crippen molar-refractivity contribution in [3.63, 3.8) is 0 Å². The molecule has 4 rings (SSSR count). The van der Waals surface area contributed by atoms with Crippen LogP contribution in [0.25, 0.3) is 11.1 Å². The monoisotopic (exact) mass is 398 g/mol. The molecule has 2 atom stereocenters. The molecule has 148 valence electrons. The fourth-order valence-electron chi connectivity index (χ4n) is 4.58. The first-order valence-corrected chi connectivity index (χ1v) is 11.0. The number of benzene rings is 1. The summed E-state index contributed by atoms with van der Waals surface area (Å²) in [5.74, 6) is 0.682. The second-order valence-corrected chi connectivity index (χ2v) is 8.53. The van der Waals surface area contributed by atoms with Gasteiger partial charge in [0.25, 0.3) is 5.56 Å². The Morgan fingerprint density at radius 3 is 2.64 bits per heavy atom. The number of nitrogens with zero attached hydrogens (tertiary/aromatic N) is 2. The quantitative estimate of drug-likeness (QED) is 0.726. The molecule has 0 spiro atoms. The number of aromatic nitrogens is 1. The van der Waals surface area contributed by atoms with Crippen molar-refractivity contribution in [3.05, 3.63) is 52.4 Å². The van der Waals surface area contributed by atoms with Gasteiger partial charge in [-0.05, 0) is 42.4 Å². The molecule has 0 saturated carbocycles. The zero-order valence-corrected chi connectivity index (χ0v) is 17.2. The van der Waals surface area contributed by atoms with E-state index in [4.69, 9.17) is 4.74 Å². The number of piperidine rings is 1. The van der Waals surface area contributed by atoms with Crippen LogP contribution in [0.2, 0.25) is 0 Å². The van der Waals surface area contributed by atoms with E-state index in [1.165, 1.54) is 4.90 Å². The summed E-state index contributed by atoms with van der Waals surface area (Å²) in [6, 6.07) is 12.1. The van der Waals surface area contributed by atoms with Crippen LogP contribution in [0.5, 0.6) is 0 Å². The smallest absolute Gasteiger partial charge is 0.250 e. The highest BCUT2D eigenvalue weighted by atomic mass is 32.2. The number of rotatable bonds is 5. The number of methoxy groups -OCH3 is 1. The first kappa shape index (κ1) is 19.3. The Hall–Kier alpha value is -2.05. The molecule has 0 aliphatic carbocycles. The minimum Gasteiger partial charge on any atom is -0.384 e. The average Bonchev–Trinajstić information content (AvgIpc) is 2.72. The molecular formula is C22H26N2O3S. The van der Waals surface area contributed by atoms with Crippen LogP contribution in [-0.2, 0) is 16.1 Å². The van der Waals surface area contributed by atoms with Gasteiger partial charge in [0.2, 0.25) is 5.91 Å². The molecule has 2 aliphatic rings. The number of hydrogen-bond acceptors (Lipinski definition) is 4. The summed E-state index contributed by atoms with van der Waals surface area (Å²) >= 11 is 1.72. The lowest BCUT2D eigenvalue weighted by atomic mass is 9.80. The van der Waals surface area contributed by atoms with E-state index in [2.05, 4.69) is 30.5 Å². The Kier molecular flexibility index (Phi) is 5.60. The summed E-state index contributed by atoms with van der Waals surface area (Å²) in [6.45, 7) is 2.55. The Balaban J connectivity index is 1.70. The number of carbonyl (C=O) groups excluding carboxylic acids is 1. The van der Waals surface area contributed by atoms with E-state index in [0.29, 0.717) is 32.0 Å². The fourth-order valence-corrected chi connectivity index (χ4v) is 4.99. The molecule has 28 heavy (non-hydrogen) atoms. The lowest BCUT2D eigenvalue weighted by Gasteiger charge is -2.43. The Labute approximate surface area is 169 Å². The molecule has 0 N–H and O–H groups in total. The summed E-state index contributed by atoms with van der Waals surface area (Å²) < 4.78 is 7.02. The normalized spacial score (nSPS) is 20.7. The maximum atomic E-state index is 12.6. The van der Waals surface area contributed by atoms with Crippen molar-refractivity contribution in [2.24, 2.45) is 5.92 Å². The summed E-state index contributed by atoms with van der Waals surface area (Å²) in [5.41, 5.74) is 3.39. The highest BCUT2D eigenvalue weighted by Crippen LogP contribution is 2.40. The van der Waals surface area contributed by atoms with E-state index in [1.807, 2.05) is 15.5 Å². The summed E-state index contributed by atoms with van der Waals surface area (Å²) in [7, 11) is 1.62. The van der Waals surface area contributed by atoms with E-state index in [-0.39, 0.29) is 17.4 Å². The van der Waals surface area contributed by atoms with Gasteiger partial charge >= 0.3 is 0 Å². The molecule has 2 bridgehead atoms. The molecule has 1 aromatic heterocycles. The van der Waals surface area contributed by atoms with Crippen LogP contribution in [0, 0.1) is 5.92 Å². The van der Waals surface area contributed by atoms with Crippen LogP contribution < -0.4 is 5.56 Å². The molecule has 2 aliphatic heterocycles. The van der Waals surface area contributed by atoms with Gasteiger partial charge in [0.15, 0.2) is 0 Å². The molecule has 0 radical (unpaired) electrons. The highest BCUT2D eigenvalue weighted by molar-refractivity contribution is 7.98. The second-order valence-electron chi connectivity index (χ2n) is 7.65. The molecule has 2 aromatic rings. The molecule has 5 nitrogen and oxygen atoms in total. The topological polar surface area (TPSA) is 51.5 Å². The van der Waals surface area contributed by atoms with E-state index in [9.17, 15) is 9.59 Å². The number of ether oxygens (including phenoxy) is 1. The van der Waals surface area contributed by atoms with Gasteiger partial charge < -0.3 is 14.2 Å². The molecular weight excluding hydrogens is 372 g/mol. The predicted molar refractivity (Wildman–Crippen MR) is 112 cm³/mol. The van der Waals surface area contributed by atoms with Crippen LogP contribution in [0.4, 0.5) is 0 Å². The van der Waals surface area contributed by atoms with Gasteiger partial charge in [0.05, 0.1) is 13.0 Å². The van der Waals surface area contributed by atoms with Crippen LogP contribution >= 0.6 is 11.8 Å². The first-order valence-electron chi connectivity index (χ1n) is 9.75. The van der Waals surface area contributed by atoms with Crippen molar-refractivity contribution in [2.45, 2.75) is 30.2 Å². The van der Waals surface area contributed by atoms with Crippen molar-refractivity contribution in [3.8, 4) is 11.1 Å². The summed E-state index contributed by atoms with van der Waals surface area (Å²) in [5, 5.41) is 0. The molecule has 1 saturated heterocycles. The van der Waals surface area contributed by atoms with E-state index in [0.717, 1.165) is 29.8 Å². The van der Waals surface area contributed by atoms with Gasteiger partial charge in [-0.3, -0.25) is 9.59 Å². The zero-order valence-electron chi connectivity index (χ0n) is 16.4. The number of fused-ring (bicyclic) bond motifs is 4. The molecule has 3 heterocycles. The molecule has 6 heteroatoms. The van der Waals surface area contributed by atoms with Crippen molar-refractivity contribution < 1.29 is 9.53 Å². The minimum absolute atomic E-state index is 0.0633. The molecule has 1 aromatic carbocycles. The maximum Gasteiger partial charge on any atom is 0.250 e. The number of pyridine rings is 1. The second kappa shape index (κ2) is 8.13. The van der Waals surface area contributed by atoms with Crippen molar-refractivity contribution in [1.29, 1.82) is 0 Å². The Bertz CT molecular complexity index is 922. The van der Waals surface area contributed by atoms with Crippen LogP contribution in [0.3, 0.4) is 0 Å². The van der Waals surface area contributed by atoms with E-state index in [1.54, 1.807) is 24.9 Å². The molecule has 1 amide bonds. The van der Waals surface area contributed by atoms with Gasteiger partial charge in [-0.15, -0.1) is 11.8 Å². The van der Waals surface area contributed by atoms with Crippen LogP contribution in [0.1, 0.15) is 24.5 Å². The van der Waals surface area contributed by atoms with Gasteiger partial charge in [0.1, 0.15) is 0 Å². The van der Waals surface area contributed by atoms with Crippen LogP contribution in [0.15, 0.2) is 46.1 Å². The third-order valence-electron chi connectivity index (χ3n) is 5.86. The number of amides is 1. The Morgan fingerprint density at radius 2 is 1.93 bits per heavy atom. The number of hydrogen-bond donors (Lipinski definition) is 0. The number of likely N-dealkylation sites (tertiary alicyclic amines) is 1. The Morgan fingerprint density at radius 1 is 1.14 bits per heavy atom. The van der Waals surface area contributed by atoms with Crippen molar-refractivity contribution in [1.82, 2.24) is 9.47 Å². The van der Waals surface area contributed by atoms with Crippen molar-refractivity contribution >= 4 is 17.7 Å². The molecule has 1 fully saturated rings.